The van der Waals surface area contributed by atoms with E-state index in [2.05, 4.69) is 20.8 Å². The Balaban J connectivity index is 1.55. The van der Waals surface area contributed by atoms with Crippen LogP contribution in [0.3, 0.4) is 0 Å². The van der Waals surface area contributed by atoms with E-state index in [-0.39, 0.29) is 5.91 Å². The zero-order valence-corrected chi connectivity index (χ0v) is 14.9. The van der Waals surface area contributed by atoms with Gasteiger partial charge < -0.3 is 4.74 Å². The predicted octanol–water partition coefficient (Wildman–Crippen LogP) is 2.65. The van der Waals surface area contributed by atoms with Gasteiger partial charge in [0.25, 0.3) is 5.91 Å². The van der Waals surface area contributed by atoms with Gasteiger partial charge in [-0.1, -0.05) is 42.5 Å². The molecule has 2 aromatic carbocycles. The smallest absolute Gasteiger partial charge is 0.251 e. The molecule has 0 aromatic heterocycles. The molecule has 1 aliphatic heterocycles. The number of nitrogens with one attached hydrogen (secondary N) is 2. The van der Waals surface area contributed by atoms with E-state index in [0.717, 1.165) is 22.6 Å². The Bertz CT molecular complexity index is 809. The molecule has 0 bridgehead atoms. The number of nitrogens with zero attached hydrogens (tertiary/aromatic N) is 2. The second kappa shape index (κ2) is 8.29. The van der Waals surface area contributed by atoms with E-state index in [4.69, 9.17) is 4.74 Å². The van der Waals surface area contributed by atoms with Gasteiger partial charge in [0.1, 0.15) is 18.4 Å². The highest BCUT2D eigenvalue weighted by atomic mass is 16.5. The van der Waals surface area contributed by atoms with Crippen molar-refractivity contribution >= 4 is 17.6 Å². The zero-order chi connectivity index (χ0) is 18.4. The number of carbonyl (C=O) groups is 1. The van der Waals surface area contributed by atoms with Crippen LogP contribution in [0.25, 0.3) is 0 Å². The van der Waals surface area contributed by atoms with Crippen LogP contribution >= 0.6 is 0 Å². The van der Waals surface area contributed by atoms with E-state index < -0.39 is 6.04 Å². The van der Waals surface area contributed by atoms with Crippen molar-refractivity contribution in [2.24, 2.45) is 10.1 Å². The average molecular weight is 350 g/mol. The molecule has 0 spiro atoms. The van der Waals surface area contributed by atoms with Gasteiger partial charge in [0, 0.05) is 12.1 Å². The number of hydrazone groups is 1. The van der Waals surface area contributed by atoms with E-state index >= 15 is 0 Å². The van der Waals surface area contributed by atoms with E-state index in [1.54, 1.807) is 0 Å². The molecule has 2 aromatic rings. The van der Waals surface area contributed by atoms with Crippen molar-refractivity contribution in [2.45, 2.75) is 32.9 Å². The minimum atomic E-state index is -0.444. The summed E-state index contributed by atoms with van der Waals surface area (Å²) in [5.74, 6) is 1.07. The molecule has 0 aliphatic carbocycles. The lowest BCUT2D eigenvalue weighted by Gasteiger charge is -2.08. The van der Waals surface area contributed by atoms with Gasteiger partial charge in [-0.2, -0.15) is 5.10 Å². The highest BCUT2D eigenvalue weighted by molar-refractivity contribution is 6.05. The van der Waals surface area contributed by atoms with Crippen molar-refractivity contribution in [3.8, 4) is 5.75 Å². The molecule has 6 heteroatoms. The minimum Gasteiger partial charge on any atom is -0.489 e. The van der Waals surface area contributed by atoms with Crippen molar-refractivity contribution in [3.63, 3.8) is 0 Å². The van der Waals surface area contributed by atoms with Crippen LogP contribution in [-0.4, -0.2) is 23.6 Å². The maximum Gasteiger partial charge on any atom is 0.251 e. The predicted molar refractivity (Wildman–Crippen MR) is 102 cm³/mol. The molecule has 3 rings (SSSR count). The summed E-state index contributed by atoms with van der Waals surface area (Å²) in [4.78, 5) is 16.4. The Kier molecular flexibility index (Phi) is 5.63. The monoisotopic (exact) mass is 350 g/mol. The summed E-state index contributed by atoms with van der Waals surface area (Å²) < 4.78 is 5.78. The number of benzene rings is 2. The number of carbonyl (C=O) groups excluding carboxylic acids is 1. The van der Waals surface area contributed by atoms with Crippen molar-refractivity contribution in [3.05, 3.63) is 65.7 Å². The average Bonchev–Trinajstić information content (AvgIpc) is 3.00. The Morgan fingerprint density at radius 2 is 1.85 bits per heavy atom. The Hall–Kier alpha value is -3.15. The first-order valence-corrected chi connectivity index (χ1v) is 8.51. The molecule has 0 saturated heterocycles. The van der Waals surface area contributed by atoms with Gasteiger partial charge in [0.15, 0.2) is 0 Å². The summed E-state index contributed by atoms with van der Waals surface area (Å²) in [5, 5.41) is 6.74. The second-order valence-electron chi connectivity index (χ2n) is 6.28. The first-order valence-electron chi connectivity index (χ1n) is 8.51. The van der Waals surface area contributed by atoms with Crippen LogP contribution in [0.4, 0.5) is 0 Å². The van der Waals surface area contributed by atoms with Crippen LogP contribution in [-0.2, 0) is 17.8 Å². The highest BCUT2D eigenvalue weighted by Crippen LogP contribution is 2.17. The molecule has 1 atom stereocenters. The Labute approximate surface area is 153 Å². The summed E-state index contributed by atoms with van der Waals surface area (Å²) in [6, 6.07) is 17.3. The fourth-order valence-corrected chi connectivity index (χ4v) is 2.49. The summed E-state index contributed by atoms with van der Waals surface area (Å²) in [6.07, 6.45) is 0.533. The molecule has 26 heavy (non-hydrogen) atoms. The lowest BCUT2D eigenvalue weighted by Crippen LogP contribution is -2.35. The van der Waals surface area contributed by atoms with Gasteiger partial charge in [-0.15, -0.1) is 0 Å². The summed E-state index contributed by atoms with van der Waals surface area (Å²) in [6.45, 7) is 4.26. The summed E-state index contributed by atoms with van der Waals surface area (Å²) >= 11 is 0. The number of ether oxygens (including phenoxy) is 1. The third-order valence-corrected chi connectivity index (χ3v) is 3.82. The Morgan fingerprint density at radius 3 is 2.54 bits per heavy atom. The number of aliphatic imine (C=N–C) groups is 1. The molecule has 1 aliphatic rings. The number of guanidine groups is 1. The normalized spacial score (nSPS) is 15.8. The third kappa shape index (κ3) is 4.92. The lowest BCUT2D eigenvalue weighted by atomic mass is 10.1. The molecule has 0 saturated carbocycles. The number of hydrogen-bond donors (Lipinski definition) is 2. The van der Waals surface area contributed by atoms with Crippen molar-refractivity contribution < 1.29 is 9.53 Å². The molecule has 1 heterocycles. The number of amides is 1. The van der Waals surface area contributed by atoms with E-state index in [0.29, 0.717) is 19.0 Å². The molecule has 6 nitrogen and oxygen atoms in total. The second-order valence-corrected chi connectivity index (χ2v) is 6.28. The van der Waals surface area contributed by atoms with E-state index in [9.17, 15) is 4.79 Å². The van der Waals surface area contributed by atoms with Gasteiger partial charge >= 0.3 is 0 Å². The van der Waals surface area contributed by atoms with Gasteiger partial charge in [-0.25, -0.2) is 10.4 Å². The topological polar surface area (TPSA) is 75.1 Å². The van der Waals surface area contributed by atoms with Crippen molar-refractivity contribution in [2.75, 3.05) is 0 Å². The summed E-state index contributed by atoms with van der Waals surface area (Å²) in [7, 11) is 0. The minimum absolute atomic E-state index is 0.124. The van der Waals surface area contributed by atoms with Crippen molar-refractivity contribution in [1.29, 1.82) is 0 Å². The van der Waals surface area contributed by atoms with E-state index in [1.807, 2.05) is 68.4 Å². The SMILES string of the molecule is CC(C)=NNC1=NC(Cc2ccc(OCc3ccccc3)cc2)C(=O)N1. The van der Waals surface area contributed by atoms with Crippen LogP contribution < -0.4 is 15.5 Å². The molecule has 0 radical (unpaired) electrons. The lowest BCUT2D eigenvalue weighted by molar-refractivity contribution is -0.120. The molecule has 1 amide bonds. The molecular formula is C20H22N4O2. The molecule has 0 fully saturated rings. The van der Waals surface area contributed by atoms with E-state index in [1.165, 1.54) is 0 Å². The van der Waals surface area contributed by atoms with Gasteiger partial charge in [0.2, 0.25) is 5.96 Å². The van der Waals surface area contributed by atoms with Gasteiger partial charge in [-0.05, 0) is 37.1 Å². The fraction of sp³-hybridized carbons (Fsp3) is 0.250. The standard InChI is InChI=1S/C20H22N4O2/c1-14(2)23-24-20-21-18(19(25)22-20)12-15-8-10-17(11-9-15)26-13-16-6-4-3-5-7-16/h3-11,18H,12-13H2,1-2H3,(H2,21,22,24,25). The molecule has 134 valence electrons. The molecule has 2 N–H and O–H groups in total. The number of hydrogen-bond acceptors (Lipinski definition) is 5. The van der Waals surface area contributed by atoms with Crippen LogP contribution in [0.15, 0.2) is 64.7 Å². The van der Waals surface area contributed by atoms with Gasteiger partial charge in [-0.3, -0.25) is 10.1 Å². The molecular weight excluding hydrogens is 328 g/mol. The maximum atomic E-state index is 12.0. The fourth-order valence-electron chi connectivity index (χ4n) is 2.49. The van der Waals surface area contributed by atoms with Gasteiger partial charge in [0.05, 0.1) is 0 Å². The third-order valence-electron chi connectivity index (χ3n) is 3.82. The quantitative estimate of drug-likeness (QED) is 0.621. The Morgan fingerprint density at radius 1 is 1.12 bits per heavy atom. The maximum absolute atomic E-state index is 12.0. The largest absolute Gasteiger partial charge is 0.489 e. The van der Waals surface area contributed by atoms with Crippen molar-refractivity contribution in [1.82, 2.24) is 10.7 Å². The first kappa shape index (κ1) is 17.7. The number of rotatable bonds is 6. The highest BCUT2D eigenvalue weighted by Gasteiger charge is 2.26. The zero-order valence-electron chi connectivity index (χ0n) is 14.9. The van der Waals surface area contributed by atoms with Crippen LogP contribution in [0.1, 0.15) is 25.0 Å². The van der Waals surface area contributed by atoms with Crippen LogP contribution in [0.2, 0.25) is 0 Å². The summed E-state index contributed by atoms with van der Waals surface area (Å²) in [5.41, 5.74) is 5.76. The molecule has 1 unspecified atom stereocenters. The first-order chi connectivity index (χ1) is 12.6. The van der Waals surface area contributed by atoms with Crippen LogP contribution in [0.5, 0.6) is 5.75 Å². The van der Waals surface area contributed by atoms with Crippen LogP contribution in [0, 0.1) is 0 Å².